The number of hydrogen-bond donors (Lipinski definition) is 3. The molecular weight excluding hydrogens is 367 g/mol. The molecule has 0 aliphatic rings. The summed E-state index contributed by atoms with van der Waals surface area (Å²) >= 11 is 0. The first kappa shape index (κ1) is 20.9. The fraction of sp³-hybridized carbons (Fsp3) is 0.316. The maximum absolute atomic E-state index is 13.5. The second-order valence-electron chi connectivity index (χ2n) is 6.87. The second-order valence-corrected chi connectivity index (χ2v) is 8.43. The zero-order chi connectivity index (χ0) is 20.1. The van der Waals surface area contributed by atoms with Gasteiger partial charge in [0.25, 0.3) is 0 Å². The molecule has 0 unspecified atom stereocenters. The van der Waals surface area contributed by atoms with Crippen LogP contribution in [0.3, 0.4) is 0 Å². The number of benzene rings is 2. The third-order valence-corrected chi connectivity index (χ3v) is 5.13. The van der Waals surface area contributed by atoms with Gasteiger partial charge in [0.1, 0.15) is 5.82 Å². The average molecular weight is 393 g/mol. The molecule has 0 aliphatic heterocycles. The number of primary sulfonamides is 1. The molecule has 0 atom stereocenters. The van der Waals surface area contributed by atoms with Gasteiger partial charge in [-0.05, 0) is 35.4 Å². The molecule has 0 aromatic heterocycles. The molecule has 6 nitrogen and oxygen atoms in total. The van der Waals surface area contributed by atoms with Crippen LogP contribution in [0.15, 0.2) is 58.4 Å². The molecule has 0 amide bonds. The summed E-state index contributed by atoms with van der Waals surface area (Å²) in [6.07, 6.45) is 0. The summed E-state index contributed by atoms with van der Waals surface area (Å²) < 4.78 is 36.4. The molecule has 8 heteroatoms. The number of aliphatic imine (C=N–C) groups is 1. The van der Waals surface area contributed by atoms with E-state index < -0.39 is 10.0 Å². The first-order valence-electron chi connectivity index (χ1n) is 8.44. The minimum absolute atomic E-state index is 0.0667. The van der Waals surface area contributed by atoms with E-state index in [1.165, 1.54) is 24.3 Å². The Balaban J connectivity index is 1.98. The Morgan fingerprint density at radius 1 is 1.15 bits per heavy atom. The van der Waals surface area contributed by atoms with E-state index in [4.69, 9.17) is 5.14 Å². The maximum Gasteiger partial charge on any atom is 0.238 e. The molecule has 2 aromatic rings. The van der Waals surface area contributed by atoms with E-state index in [0.717, 1.165) is 11.1 Å². The van der Waals surface area contributed by atoms with Crippen LogP contribution in [0.5, 0.6) is 0 Å². The minimum atomic E-state index is -3.74. The Bertz CT molecular complexity index is 927. The third-order valence-electron chi connectivity index (χ3n) is 4.21. The SMILES string of the molecule is CN=C(NCc1cccc(S(N)(=O)=O)c1)NCC(C)(C)c1cccc(F)c1. The topological polar surface area (TPSA) is 96.6 Å². The predicted molar refractivity (Wildman–Crippen MR) is 105 cm³/mol. The normalized spacial score (nSPS) is 12.7. The number of nitrogens with one attached hydrogen (secondary N) is 2. The number of hydrogen-bond acceptors (Lipinski definition) is 3. The van der Waals surface area contributed by atoms with Gasteiger partial charge >= 0.3 is 0 Å². The number of rotatable bonds is 6. The van der Waals surface area contributed by atoms with Crippen LogP contribution in [0, 0.1) is 5.82 Å². The molecule has 0 radical (unpaired) electrons. The van der Waals surface area contributed by atoms with Crippen LogP contribution in [-0.2, 0) is 22.0 Å². The van der Waals surface area contributed by atoms with Gasteiger partial charge in [0.05, 0.1) is 4.90 Å². The minimum Gasteiger partial charge on any atom is -0.356 e. The van der Waals surface area contributed by atoms with Crippen LogP contribution in [0.2, 0.25) is 0 Å². The highest BCUT2D eigenvalue weighted by atomic mass is 32.2. The Morgan fingerprint density at radius 3 is 2.48 bits per heavy atom. The molecular formula is C19H25FN4O2S. The molecule has 0 aliphatic carbocycles. The molecule has 2 rings (SSSR count). The van der Waals surface area contributed by atoms with Crippen molar-refractivity contribution >= 4 is 16.0 Å². The van der Waals surface area contributed by atoms with Crippen molar-refractivity contribution < 1.29 is 12.8 Å². The average Bonchev–Trinajstić information content (AvgIpc) is 2.61. The molecule has 0 bridgehead atoms. The number of nitrogens with two attached hydrogens (primary N) is 1. The van der Waals surface area contributed by atoms with E-state index in [1.54, 1.807) is 25.2 Å². The lowest BCUT2D eigenvalue weighted by atomic mass is 9.84. The standard InChI is InChI=1S/C19H25FN4O2S/c1-19(2,15-7-5-8-16(20)11-15)13-24-18(22-3)23-12-14-6-4-9-17(10-14)27(21,25)26/h4-11H,12-13H2,1-3H3,(H2,21,25,26)(H2,22,23,24). The van der Waals surface area contributed by atoms with Gasteiger partial charge in [-0.1, -0.05) is 38.1 Å². The van der Waals surface area contributed by atoms with Crippen molar-refractivity contribution in [3.8, 4) is 0 Å². The highest BCUT2D eigenvalue weighted by Gasteiger charge is 2.21. The van der Waals surface area contributed by atoms with Gasteiger partial charge in [-0.3, -0.25) is 4.99 Å². The second kappa shape index (κ2) is 8.49. The quantitative estimate of drug-likeness (QED) is 0.518. The van der Waals surface area contributed by atoms with Gasteiger partial charge < -0.3 is 10.6 Å². The van der Waals surface area contributed by atoms with Gasteiger partial charge in [0.2, 0.25) is 10.0 Å². The molecule has 4 N–H and O–H groups in total. The summed E-state index contributed by atoms with van der Waals surface area (Å²) in [5, 5.41) is 11.5. The van der Waals surface area contributed by atoms with Gasteiger partial charge in [0.15, 0.2) is 5.96 Å². The number of halogens is 1. The van der Waals surface area contributed by atoms with Crippen LogP contribution in [0.1, 0.15) is 25.0 Å². The van der Waals surface area contributed by atoms with E-state index in [9.17, 15) is 12.8 Å². The molecule has 0 saturated carbocycles. The van der Waals surface area contributed by atoms with Crippen molar-refractivity contribution in [2.24, 2.45) is 10.1 Å². The Labute approximate surface area is 159 Å². The molecule has 2 aromatic carbocycles. The lowest BCUT2D eigenvalue weighted by Gasteiger charge is -2.27. The van der Waals surface area contributed by atoms with Crippen molar-refractivity contribution in [3.63, 3.8) is 0 Å². The van der Waals surface area contributed by atoms with Crippen LogP contribution in [0.25, 0.3) is 0 Å². The fourth-order valence-corrected chi connectivity index (χ4v) is 3.14. The summed E-state index contributed by atoms with van der Waals surface area (Å²) in [5.74, 6) is 0.290. The number of sulfonamides is 1. The zero-order valence-corrected chi connectivity index (χ0v) is 16.5. The van der Waals surface area contributed by atoms with Crippen molar-refractivity contribution in [3.05, 3.63) is 65.5 Å². The predicted octanol–water partition coefficient (Wildman–Crippen LogP) is 2.12. The highest BCUT2D eigenvalue weighted by molar-refractivity contribution is 7.89. The van der Waals surface area contributed by atoms with E-state index in [0.29, 0.717) is 19.0 Å². The van der Waals surface area contributed by atoms with Gasteiger partial charge in [-0.25, -0.2) is 17.9 Å². The van der Waals surface area contributed by atoms with E-state index in [1.807, 2.05) is 19.9 Å². The lowest BCUT2D eigenvalue weighted by Crippen LogP contribution is -2.43. The van der Waals surface area contributed by atoms with Gasteiger partial charge in [0, 0.05) is 25.6 Å². The molecule has 0 fully saturated rings. The first-order chi connectivity index (χ1) is 12.6. The summed E-state index contributed by atoms with van der Waals surface area (Å²) in [7, 11) is -2.09. The Kier molecular flexibility index (Phi) is 6.56. The molecule has 146 valence electrons. The number of guanidine groups is 1. The number of nitrogens with zero attached hydrogens (tertiary/aromatic N) is 1. The smallest absolute Gasteiger partial charge is 0.238 e. The maximum atomic E-state index is 13.5. The Morgan fingerprint density at radius 2 is 1.85 bits per heavy atom. The fourth-order valence-electron chi connectivity index (χ4n) is 2.56. The molecule has 0 spiro atoms. The molecule has 0 saturated heterocycles. The highest BCUT2D eigenvalue weighted by Crippen LogP contribution is 2.22. The summed E-state index contributed by atoms with van der Waals surface area (Å²) in [6.45, 7) is 4.94. The van der Waals surface area contributed by atoms with Crippen molar-refractivity contribution in [1.82, 2.24) is 10.6 Å². The van der Waals surface area contributed by atoms with E-state index in [-0.39, 0.29) is 16.1 Å². The largest absolute Gasteiger partial charge is 0.356 e. The van der Waals surface area contributed by atoms with Crippen molar-refractivity contribution in [2.75, 3.05) is 13.6 Å². The third kappa shape index (κ3) is 6.04. The first-order valence-corrected chi connectivity index (χ1v) is 9.99. The summed E-state index contributed by atoms with van der Waals surface area (Å²) in [4.78, 5) is 4.23. The van der Waals surface area contributed by atoms with E-state index >= 15 is 0 Å². The molecule has 27 heavy (non-hydrogen) atoms. The van der Waals surface area contributed by atoms with Crippen LogP contribution < -0.4 is 15.8 Å². The zero-order valence-electron chi connectivity index (χ0n) is 15.7. The van der Waals surface area contributed by atoms with Gasteiger partial charge in [-0.2, -0.15) is 0 Å². The van der Waals surface area contributed by atoms with Crippen LogP contribution in [-0.4, -0.2) is 28.0 Å². The monoisotopic (exact) mass is 392 g/mol. The Hall–Kier alpha value is -2.45. The van der Waals surface area contributed by atoms with Crippen molar-refractivity contribution in [2.45, 2.75) is 30.7 Å². The lowest BCUT2D eigenvalue weighted by molar-refractivity contribution is 0.503. The van der Waals surface area contributed by atoms with Crippen LogP contribution >= 0.6 is 0 Å². The van der Waals surface area contributed by atoms with Gasteiger partial charge in [-0.15, -0.1) is 0 Å². The van der Waals surface area contributed by atoms with E-state index in [2.05, 4.69) is 15.6 Å². The van der Waals surface area contributed by atoms with Crippen LogP contribution in [0.4, 0.5) is 4.39 Å². The van der Waals surface area contributed by atoms with Crippen molar-refractivity contribution in [1.29, 1.82) is 0 Å². The molecule has 0 heterocycles. The summed E-state index contributed by atoms with van der Waals surface area (Å²) in [6, 6.07) is 12.9. The summed E-state index contributed by atoms with van der Waals surface area (Å²) in [5.41, 5.74) is 1.33.